The molecule has 6 aromatic rings. The van der Waals surface area contributed by atoms with E-state index in [1.165, 1.54) is 32.7 Å². The predicted molar refractivity (Wildman–Crippen MR) is 130 cm³/mol. The Kier molecular flexibility index (Phi) is 4.18. The SMILES string of the molecule is c1ccc2c(-c3ccc(-c4ccc(-c5cccc6ccccc56)o4)cc3)cccc2c1. The van der Waals surface area contributed by atoms with Gasteiger partial charge in [0, 0.05) is 11.1 Å². The lowest BCUT2D eigenvalue weighted by atomic mass is 9.97. The summed E-state index contributed by atoms with van der Waals surface area (Å²) >= 11 is 0. The van der Waals surface area contributed by atoms with E-state index < -0.39 is 0 Å². The van der Waals surface area contributed by atoms with Gasteiger partial charge in [-0.2, -0.15) is 0 Å². The van der Waals surface area contributed by atoms with Crippen LogP contribution in [0.25, 0.3) is 55.3 Å². The highest BCUT2D eigenvalue weighted by Gasteiger charge is 2.10. The van der Waals surface area contributed by atoms with Gasteiger partial charge in [-0.3, -0.25) is 0 Å². The van der Waals surface area contributed by atoms with Crippen LogP contribution in [0.4, 0.5) is 0 Å². The number of rotatable bonds is 3. The van der Waals surface area contributed by atoms with Gasteiger partial charge in [0.25, 0.3) is 0 Å². The Hall–Kier alpha value is -4.10. The molecular weight excluding hydrogens is 376 g/mol. The second-order valence-corrected chi connectivity index (χ2v) is 7.79. The number of benzene rings is 5. The number of fused-ring (bicyclic) bond motifs is 2. The summed E-state index contributed by atoms with van der Waals surface area (Å²) in [7, 11) is 0. The van der Waals surface area contributed by atoms with Gasteiger partial charge in [0.15, 0.2) is 0 Å². The molecule has 0 bridgehead atoms. The van der Waals surface area contributed by atoms with Crippen molar-refractivity contribution < 1.29 is 4.42 Å². The summed E-state index contributed by atoms with van der Waals surface area (Å²) in [5.41, 5.74) is 4.66. The first-order valence-corrected chi connectivity index (χ1v) is 10.5. The van der Waals surface area contributed by atoms with Gasteiger partial charge in [-0.1, -0.05) is 109 Å². The van der Waals surface area contributed by atoms with Crippen LogP contribution in [0.3, 0.4) is 0 Å². The molecule has 0 aliphatic carbocycles. The maximum atomic E-state index is 6.28. The fourth-order valence-electron chi connectivity index (χ4n) is 4.37. The van der Waals surface area contributed by atoms with Crippen molar-refractivity contribution in [3.8, 4) is 33.8 Å². The molecular formula is C30H20O. The van der Waals surface area contributed by atoms with Gasteiger partial charge in [-0.25, -0.2) is 0 Å². The van der Waals surface area contributed by atoms with E-state index in [2.05, 4.69) is 121 Å². The monoisotopic (exact) mass is 396 g/mol. The molecule has 0 N–H and O–H groups in total. The van der Waals surface area contributed by atoms with Gasteiger partial charge in [-0.15, -0.1) is 0 Å². The van der Waals surface area contributed by atoms with E-state index in [0.29, 0.717) is 0 Å². The lowest BCUT2D eigenvalue weighted by Crippen LogP contribution is -1.82. The van der Waals surface area contributed by atoms with Crippen molar-refractivity contribution in [2.75, 3.05) is 0 Å². The summed E-state index contributed by atoms with van der Waals surface area (Å²) in [5.74, 6) is 1.78. The molecule has 0 amide bonds. The normalized spacial score (nSPS) is 11.2. The lowest BCUT2D eigenvalue weighted by molar-refractivity contribution is 0.598. The molecule has 0 aliphatic rings. The molecule has 1 nitrogen and oxygen atoms in total. The maximum absolute atomic E-state index is 6.28. The van der Waals surface area contributed by atoms with Crippen LogP contribution in [-0.2, 0) is 0 Å². The Balaban J connectivity index is 1.37. The summed E-state index contributed by atoms with van der Waals surface area (Å²) in [4.78, 5) is 0. The fourth-order valence-corrected chi connectivity index (χ4v) is 4.37. The predicted octanol–water partition coefficient (Wildman–Crippen LogP) is 8.59. The summed E-state index contributed by atoms with van der Waals surface area (Å²) in [6.07, 6.45) is 0. The van der Waals surface area contributed by atoms with Gasteiger partial charge >= 0.3 is 0 Å². The van der Waals surface area contributed by atoms with E-state index in [-0.39, 0.29) is 0 Å². The van der Waals surface area contributed by atoms with E-state index in [1.54, 1.807) is 0 Å². The molecule has 6 rings (SSSR count). The zero-order valence-electron chi connectivity index (χ0n) is 17.0. The van der Waals surface area contributed by atoms with E-state index in [9.17, 15) is 0 Å². The Morgan fingerprint density at radius 3 is 1.58 bits per heavy atom. The zero-order valence-corrected chi connectivity index (χ0v) is 17.0. The van der Waals surface area contributed by atoms with Gasteiger partial charge in [0.1, 0.15) is 11.5 Å². The molecule has 1 aromatic heterocycles. The first-order chi connectivity index (χ1) is 15.4. The van der Waals surface area contributed by atoms with Crippen LogP contribution < -0.4 is 0 Å². The van der Waals surface area contributed by atoms with Gasteiger partial charge in [0.05, 0.1) is 0 Å². The van der Waals surface area contributed by atoms with Gasteiger partial charge in [-0.05, 0) is 44.8 Å². The fraction of sp³-hybridized carbons (Fsp3) is 0. The van der Waals surface area contributed by atoms with E-state index in [4.69, 9.17) is 4.42 Å². The summed E-state index contributed by atoms with van der Waals surface area (Å²) < 4.78 is 6.28. The molecule has 31 heavy (non-hydrogen) atoms. The maximum Gasteiger partial charge on any atom is 0.135 e. The van der Waals surface area contributed by atoms with E-state index in [0.717, 1.165) is 22.6 Å². The van der Waals surface area contributed by atoms with Crippen LogP contribution in [0.5, 0.6) is 0 Å². The van der Waals surface area contributed by atoms with Gasteiger partial charge < -0.3 is 4.42 Å². The second-order valence-electron chi connectivity index (χ2n) is 7.79. The molecule has 1 heterocycles. The highest BCUT2D eigenvalue weighted by atomic mass is 16.3. The van der Waals surface area contributed by atoms with Crippen LogP contribution in [0.15, 0.2) is 126 Å². The molecule has 0 atom stereocenters. The van der Waals surface area contributed by atoms with Crippen LogP contribution >= 0.6 is 0 Å². The average molecular weight is 396 g/mol. The second kappa shape index (κ2) is 7.30. The Morgan fingerprint density at radius 1 is 0.355 bits per heavy atom. The molecule has 146 valence electrons. The molecule has 0 saturated carbocycles. The molecule has 5 aromatic carbocycles. The van der Waals surface area contributed by atoms with Crippen molar-refractivity contribution in [2.45, 2.75) is 0 Å². The Morgan fingerprint density at radius 2 is 0.871 bits per heavy atom. The quantitative estimate of drug-likeness (QED) is 0.292. The van der Waals surface area contributed by atoms with Crippen LogP contribution in [0.1, 0.15) is 0 Å². The van der Waals surface area contributed by atoms with Crippen molar-refractivity contribution in [1.29, 1.82) is 0 Å². The molecule has 0 aliphatic heterocycles. The van der Waals surface area contributed by atoms with Crippen LogP contribution in [-0.4, -0.2) is 0 Å². The Labute approximate surface area is 181 Å². The number of hydrogen-bond acceptors (Lipinski definition) is 1. The smallest absolute Gasteiger partial charge is 0.135 e. The first-order valence-electron chi connectivity index (χ1n) is 10.5. The standard InChI is InChI=1S/C30H20O/c1-3-11-25-21(7-1)9-5-13-26(25)23-15-17-24(18-16-23)29-19-20-30(31-29)28-14-6-10-22-8-2-4-12-27(22)28/h1-20H. The molecule has 1 heteroatoms. The zero-order chi connectivity index (χ0) is 20.6. The molecule has 0 unspecified atom stereocenters. The molecule has 0 radical (unpaired) electrons. The van der Waals surface area contributed by atoms with Crippen molar-refractivity contribution in [2.24, 2.45) is 0 Å². The van der Waals surface area contributed by atoms with E-state index >= 15 is 0 Å². The minimum absolute atomic E-state index is 0.882. The summed E-state index contributed by atoms with van der Waals surface area (Å²) in [6.45, 7) is 0. The topological polar surface area (TPSA) is 13.1 Å². The molecule has 0 fully saturated rings. The van der Waals surface area contributed by atoms with Crippen molar-refractivity contribution >= 4 is 21.5 Å². The third kappa shape index (κ3) is 3.12. The third-order valence-corrected chi connectivity index (χ3v) is 5.93. The average Bonchev–Trinajstić information content (AvgIpc) is 3.34. The van der Waals surface area contributed by atoms with Crippen LogP contribution in [0.2, 0.25) is 0 Å². The molecule has 0 saturated heterocycles. The largest absolute Gasteiger partial charge is 0.456 e. The van der Waals surface area contributed by atoms with E-state index in [1.807, 2.05) is 0 Å². The lowest BCUT2D eigenvalue weighted by Gasteiger charge is -2.08. The van der Waals surface area contributed by atoms with Crippen LogP contribution in [0, 0.1) is 0 Å². The van der Waals surface area contributed by atoms with Gasteiger partial charge in [0.2, 0.25) is 0 Å². The number of furan rings is 1. The summed E-state index contributed by atoms with van der Waals surface area (Å²) in [6, 6.07) is 42.5. The van der Waals surface area contributed by atoms with Crippen molar-refractivity contribution in [3.05, 3.63) is 121 Å². The van der Waals surface area contributed by atoms with Crippen molar-refractivity contribution in [1.82, 2.24) is 0 Å². The highest BCUT2D eigenvalue weighted by molar-refractivity contribution is 5.97. The first kappa shape index (κ1) is 17.7. The highest BCUT2D eigenvalue weighted by Crippen LogP contribution is 2.34. The summed E-state index contributed by atoms with van der Waals surface area (Å²) in [5, 5.41) is 4.96. The Bertz CT molecular complexity index is 1510. The minimum atomic E-state index is 0.882. The number of hydrogen-bond donors (Lipinski definition) is 0. The minimum Gasteiger partial charge on any atom is -0.456 e. The van der Waals surface area contributed by atoms with Crippen molar-refractivity contribution in [3.63, 3.8) is 0 Å². The third-order valence-electron chi connectivity index (χ3n) is 5.93. The molecule has 0 spiro atoms.